The minimum atomic E-state index is -0.296. The molecule has 1 saturated heterocycles. The number of amides is 1. The summed E-state index contributed by atoms with van der Waals surface area (Å²) in [6.07, 6.45) is 1.30. The van der Waals surface area contributed by atoms with Gasteiger partial charge in [-0.1, -0.05) is 42.8 Å². The van der Waals surface area contributed by atoms with Crippen molar-refractivity contribution in [3.05, 3.63) is 59.1 Å². The number of hydrazone groups is 1. The lowest BCUT2D eigenvalue weighted by atomic mass is 9.91. The van der Waals surface area contributed by atoms with E-state index in [4.69, 9.17) is 21.4 Å². The second kappa shape index (κ2) is 9.08. The van der Waals surface area contributed by atoms with Gasteiger partial charge in [0.2, 0.25) is 0 Å². The van der Waals surface area contributed by atoms with E-state index in [1.165, 1.54) is 0 Å². The zero-order valence-corrected chi connectivity index (χ0v) is 18.3. The summed E-state index contributed by atoms with van der Waals surface area (Å²) < 4.78 is 5.28. The first kappa shape index (κ1) is 21.3. The number of halogens is 1. The maximum atomic E-state index is 13.1. The van der Waals surface area contributed by atoms with Crippen LogP contribution in [0.3, 0.4) is 0 Å². The highest BCUT2D eigenvalue weighted by molar-refractivity contribution is 6.40. The molecule has 0 radical (unpaired) electrons. The smallest absolute Gasteiger partial charge is 0.282 e. The number of anilines is 1. The van der Waals surface area contributed by atoms with Crippen molar-refractivity contribution < 1.29 is 14.3 Å². The van der Waals surface area contributed by atoms with Gasteiger partial charge >= 0.3 is 0 Å². The molecule has 2 aliphatic rings. The van der Waals surface area contributed by atoms with Gasteiger partial charge in [0.25, 0.3) is 5.91 Å². The molecule has 0 saturated carbocycles. The van der Waals surface area contributed by atoms with E-state index in [9.17, 15) is 9.59 Å². The van der Waals surface area contributed by atoms with Crippen LogP contribution in [-0.2, 0) is 9.59 Å². The highest BCUT2D eigenvalue weighted by Gasteiger charge is 2.40. The van der Waals surface area contributed by atoms with E-state index in [1.807, 2.05) is 54.4 Å². The maximum absolute atomic E-state index is 13.1. The predicted molar refractivity (Wildman–Crippen MR) is 120 cm³/mol. The molecular weight excluding hydrogens is 416 g/mol. The van der Waals surface area contributed by atoms with E-state index in [1.54, 1.807) is 18.2 Å². The minimum absolute atomic E-state index is 0.127. The summed E-state index contributed by atoms with van der Waals surface area (Å²) in [6, 6.07) is 15.0. The molecule has 0 bridgehead atoms. The fourth-order valence-electron chi connectivity index (χ4n) is 4.09. The molecule has 2 aromatic rings. The standard InChI is InChI=1S/C23H25ClN4O3/c1-15-21(23(30)26-27-13-5-6-17(29)14-27)25-28(20-8-4-3-7-19(20)24)22(15)16-9-11-18(31-2)12-10-16/h3-4,7-12,15,22H,5-6,13-14H2,1-2H3,(H,26,30). The zero-order chi connectivity index (χ0) is 22.0. The molecule has 1 N–H and O–H groups in total. The molecular formula is C23H25ClN4O3. The van der Waals surface area contributed by atoms with Crippen LogP contribution in [0, 0.1) is 5.92 Å². The van der Waals surface area contributed by atoms with Crippen molar-refractivity contribution in [1.29, 1.82) is 0 Å². The normalized spacial score (nSPS) is 21.7. The van der Waals surface area contributed by atoms with Gasteiger partial charge in [-0.05, 0) is 36.2 Å². The molecule has 0 aliphatic carbocycles. The Balaban J connectivity index is 1.65. The van der Waals surface area contributed by atoms with Crippen molar-refractivity contribution in [3.8, 4) is 5.75 Å². The van der Waals surface area contributed by atoms with Crippen molar-refractivity contribution in [2.45, 2.75) is 25.8 Å². The fourth-order valence-corrected chi connectivity index (χ4v) is 4.31. The van der Waals surface area contributed by atoms with Crippen LogP contribution in [0.15, 0.2) is 53.6 Å². The van der Waals surface area contributed by atoms with Gasteiger partial charge in [0, 0.05) is 18.9 Å². The van der Waals surface area contributed by atoms with Gasteiger partial charge in [-0.2, -0.15) is 5.10 Å². The first-order chi connectivity index (χ1) is 15.0. The number of hydrazine groups is 1. The van der Waals surface area contributed by atoms with Gasteiger partial charge in [-0.15, -0.1) is 0 Å². The molecule has 0 aromatic heterocycles. The molecule has 2 aromatic carbocycles. The van der Waals surface area contributed by atoms with Gasteiger partial charge in [-0.25, -0.2) is 5.01 Å². The molecule has 2 heterocycles. The minimum Gasteiger partial charge on any atom is -0.497 e. The van der Waals surface area contributed by atoms with Crippen LogP contribution in [0.25, 0.3) is 0 Å². The topological polar surface area (TPSA) is 74.2 Å². The third-order valence-corrected chi connectivity index (χ3v) is 6.00. The lowest BCUT2D eigenvalue weighted by Gasteiger charge is -2.28. The number of benzene rings is 2. The van der Waals surface area contributed by atoms with Crippen LogP contribution >= 0.6 is 11.6 Å². The summed E-state index contributed by atoms with van der Waals surface area (Å²) in [5.74, 6) is 0.384. The molecule has 2 aliphatic heterocycles. The van der Waals surface area contributed by atoms with E-state index < -0.39 is 0 Å². The first-order valence-electron chi connectivity index (χ1n) is 10.3. The number of rotatable bonds is 5. The molecule has 1 amide bonds. The van der Waals surface area contributed by atoms with Crippen LogP contribution in [0.5, 0.6) is 5.75 Å². The van der Waals surface area contributed by atoms with Crippen LogP contribution in [0.1, 0.15) is 31.4 Å². The average Bonchev–Trinajstić information content (AvgIpc) is 3.11. The largest absolute Gasteiger partial charge is 0.497 e. The summed E-state index contributed by atoms with van der Waals surface area (Å²) in [6.45, 7) is 2.85. The van der Waals surface area contributed by atoms with Gasteiger partial charge in [0.1, 0.15) is 17.2 Å². The van der Waals surface area contributed by atoms with Crippen LogP contribution in [0.2, 0.25) is 5.02 Å². The van der Waals surface area contributed by atoms with Crippen LogP contribution in [0.4, 0.5) is 5.69 Å². The van der Waals surface area contributed by atoms with E-state index in [0.29, 0.717) is 23.7 Å². The third-order valence-electron chi connectivity index (χ3n) is 5.68. The van der Waals surface area contributed by atoms with Crippen molar-refractivity contribution in [1.82, 2.24) is 10.4 Å². The summed E-state index contributed by atoms with van der Waals surface area (Å²) in [4.78, 5) is 24.8. The molecule has 2 unspecified atom stereocenters. The monoisotopic (exact) mass is 440 g/mol. The Morgan fingerprint density at radius 2 is 1.94 bits per heavy atom. The van der Waals surface area contributed by atoms with Gasteiger partial charge < -0.3 is 4.74 Å². The number of Topliss-reactive ketones (excluding diaryl/α,β-unsaturated/α-hetero) is 1. The number of para-hydroxylation sites is 1. The summed E-state index contributed by atoms with van der Waals surface area (Å²) >= 11 is 6.47. The SMILES string of the molecule is COc1ccc(C2C(C)C(C(=O)NN3CCCC(=O)C3)=NN2c2ccccc2Cl)cc1. The number of nitrogens with zero attached hydrogens (tertiary/aromatic N) is 3. The van der Waals surface area contributed by atoms with Gasteiger partial charge in [-0.3, -0.25) is 20.0 Å². The summed E-state index contributed by atoms with van der Waals surface area (Å²) in [5.41, 5.74) is 4.99. The highest BCUT2D eigenvalue weighted by Crippen LogP contribution is 2.41. The van der Waals surface area contributed by atoms with Crippen molar-refractivity contribution in [2.75, 3.05) is 25.2 Å². The second-order valence-corrected chi connectivity index (χ2v) is 8.20. The summed E-state index contributed by atoms with van der Waals surface area (Å²) in [5, 5.41) is 8.73. The number of methoxy groups -OCH3 is 1. The Labute approximate surface area is 186 Å². The van der Waals surface area contributed by atoms with E-state index in [2.05, 4.69) is 5.43 Å². The van der Waals surface area contributed by atoms with E-state index >= 15 is 0 Å². The number of piperidine rings is 1. The molecule has 0 spiro atoms. The second-order valence-electron chi connectivity index (χ2n) is 7.79. The molecule has 8 heteroatoms. The Kier molecular flexibility index (Phi) is 6.25. The molecule has 162 valence electrons. The number of hydrogen-bond acceptors (Lipinski definition) is 6. The first-order valence-corrected chi connectivity index (χ1v) is 10.7. The number of carbonyl (C=O) groups is 2. The van der Waals surface area contributed by atoms with Crippen LogP contribution in [-0.4, -0.2) is 42.6 Å². The average molecular weight is 441 g/mol. The number of carbonyl (C=O) groups excluding carboxylic acids is 2. The number of ether oxygens (including phenoxy) is 1. The summed E-state index contributed by atoms with van der Waals surface area (Å²) in [7, 11) is 1.63. The quantitative estimate of drug-likeness (QED) is 0.769. The molecule has 1 fully saturated rings. The number of nitrogens with one attached hydrogen (secondary N) is 1. The van der Waals surface area contributed by atoms with Crippen LogP contribution < -0.4 is 15.2 Å². The predicted octanol–water partition coefficient (Wildman–Crippen LogP) is 3.60. The lowest BCUT2D eigenvalue weighted by molar-refractivity contribution is -0.126. The third kappa shape index (κ3) is 4.43. The number of ketones is 1. The van der Waals surface area contributed by atoms with Crippen molar-refractivity contribution >= 4 is 34.7 Å². The van der Waals surface area contributed by atoms with Crippen molar-refractivity contribution in [2.24, 2.45) is 11.0 Å². The maximum Gasteiger partial charge on any atom is 0.282 e. The van der Waals surface area contributed by atoms with Crippen molar-refractivity contribution in [3.63, 3.8) is 0 Å². The van der Waals surface area contributed by atoms with Gasteiger partial charge in [0.15, 0.2) is 0 Å². The Hall–Kier alpha value is -2.90. The molecule has 2 atom stereocenters. The van der Waals surface area contributed by atoms with E-state index in [0.717, 1.165) is 23.4 Å². The van der Waals surface area contributed by atoms with Gasteiger partial charge in [0.05, 0.1) is 30.4 Å². The lowest BCUT2D eigenvalue weighted by Crippen LogP contribution is -2.50. The molecule has 31 heavy (non-hydrogen) atoms. The Morgan fingerprint density at radius 3 is 2.61 bits per heavy atom. The fraction of sp³-hybridized carbons (Fsp3) is 0.348. The molecule has 4 rings (SSSR count). The zero-order valence-electron chi connectivity index (χ0n) is 17.5. The molecule has 7 nitrogen and oxygen atoms in total. The number of hydrogen-bond donors (Lipinski definition) is 1. The Bertz CT molecular complexity index is 1010. The highest BCUT2D eigenvalue weighted by atomic mass is 35.5. The Morgan fingerprint density at radius 1 is 1.19 bits per heavy atom. The van der Waals surface area contributed by atoms with E-state index in [-0.39, 0.29) is 30.2 Å².